The summed E-state index contributed by atoms with van der Waals surface area (Å²) in [7, 11) is -2.95. The number of alkyl halides is 3. The highest BCUT2D eigenvalue weighted by atomic mass is 31.2. The number of hydrogen-bond donors (Lipinski definition) is 1. The molecular weight excluding hydrogens is 470 g/mol. The molecule has 0 spiro atoms. The van der Waals surface area contributed by atoms with Crippen LogP contribution in [0.5, 0.6) is 11.5 Å². The van der Waals surface area contributed by atoms with E-state index >= 15 is 0 Å². The molecule has 0 heterocycles. The Balaban J connectivity index is 2.39. The minimum absolute atomic E-state index is 0.0988. The van der Waals surface area contributed by atoms with Gasteiger partial charge in [-0.05, 0) is 25.1 Å². The Bertz CT molecular complexity index is 1090. The molecule has 33 heavy (non-hydrogen) atoms. The molecular formula is C19H21F3N3O7P. The van der Waals surface area contributed by atoms with Crippen LogP contribution in [-0.2, 0) is 15.3 Å². The summed E-state index contributed by atoms with van der Waals surface area (Å²) in [5, 5.41) is 25.3. The summed E-state index contributed by atoms with van der Waals surface area (Å²) >= 11 is 0. The van der Waals surface area contributed by atoms with Gasteiger partial charge in [-0.1, -0.05) is 13.8 Å². The Morgan fingerprint density at radius 3 is 2.15 bits per heavy atom. The zero-order valence-electron chi connectivity index (χ0n) is 17.8. The molecule has 2 aromatic carbocycles. The van der Waals surface area contributed by atoms with E-state index < -0.39 is 46.6 Å². The number of benzene rings is 2. The lowest BCUT2D eigenvalue weighted by atomic mass is 10.2. The Kier molecular flexibility index (Phi) is 8.04. The number of nitrogens with one attached hydrogen (secondary N) is 1. The van der Waals surface area contributed by atoms with Crippen LogP contribution >= 0.6 is 7.37 Å². The molecule has 2 rings (SSSR count). The molecule has 0 fully saturated rings. The highest BCUT2D eigenvalue weighted by molar-refractivity contribution is 7.58. The van der Waals surface area contributed by atoms with Crippen molar-refractivity contribution in [3.8, 4) is 11.5 Å². The summed E-state index contributed by atoms with van der Waals surface area (Å²) in [4.78, 5) is 20.9. The van der Waals surface area contributed by atoms with Gasteiger partial charge < -0.3 is 14.6 Å². The highest BCUT2D eigenvalue weighted by Crippen LogP contribution is 2.47. The van der Waals surface area contributed by atoms with Crippen LogP contribution in [-0.4, -0.2) is 28.4 Å². The van der Waals surface area contributed by atoms with Crippen LogP contribution in [0.1, 0.15) is 26.3 Å². The second kappa shape index (κ2) is 10.2. The Morgan fingerprint density at radius 1 is 1.03 bits per heavy atom. The van der Waals surface area contributed by atoms with Crippen molar-refractivity contribution in [2.24, 2.45) is 0 Å². The van der Waals surface area contributed by atoms with E-state index in [1.807, 2.05) is 0 Å². The first-order chi connectivity index (χ1) is 15.3. The predicted octanol–water partition coefficient (Wildman–Crippen LogP) is 6.41. The number of nitrogens with zero attached hydrogens (tertiary/aromatic N) is 2. The number of ether oxygens (including phenoxy) is 1. The van der Waals surface area contributed by atoms with E-state index in [0.29, 0.717) is 12.1 Å². The van der Waals surface area contributed by atoms with Gasteiger partial charge in [-0.25, -0.2) is 0 Å². The van der Waals surface area contributed by atoms with Crippen LogP contribution in [0.3, 0.4) is 0 Å². The number of rotatable bonds is 10. The maximum atomic E-state index is 12.9. The largest absolute Gasteiger partial charge is 0.450 e. The summed E-state index contributed by atoms with van der Waals surface area (Å²) in [6.07, 6.45) is -5.16. The predicted molar refractivity (Wildman–Crippen MR) is 114 cm³/mol. The number of halogens is 3. The second-order valence-electron chi connectivity index (χ2n) is 6.81. The monoisotopic (exact) mass is 491 g/mol. The third-order valence-corrected chi connectivity index (χ3v) is 7.18. The fourth-order valence-corrected chi connectivity index (χ4v) is 4.18. The van der Waals surface area contributed by atoms with E-state index in [-0.39, 0.29) is 29.4 Å². The van der Waals surface area contributed by atoms with Gasteiger partial charge in [-0.2, -0.15) is 13.2 Å². The quantitative estimate of drug-likeness (QED) is 0.174. The van der Waals surface area contributed by atoms with Crippen molar-refractivity contribution in [3.63, 3.8) is 0 Å². The minimum Gasteiger partial charge on any atom is -0.450 e. The molecule has 0 amide bonds. The molecule has 0 aliphatic heterocycles. The lowest BCUT2D eigenvalue weighted by Crippen LogP contribution is -2.19. The molecule has 0 aliphatic carbocycles. The molecule has 1 unspecified atom stereocenters. The SMILES string of the molecule is CCP(=O)(CC)OC(C)Nc1cc(Oc2ccc(C(F)(F)F)cc2[N+](=O)[O-])ccc1[N+](=O)[O-]. The van der Waals surface area contributed by atoms with Crippen molar-refractivity contribution in [2.45, 2.75) is 33.2 Å². The van der Waals surface area contributed by atoms with Crippen LogP contribution < -0.4 is 10.1 Å². The topological polar surface area (TPSA) is 134 Å². The van der Waals surface area contributed by atoms with Crippen LogP contribution in [0.15, 0.2) is 36.4 Å². The lowest BCUT2D eigenvalue weighted by molar-refractivity contribution is -0.385. The molecule has 0 bridgehead atoms. The van der Waals surface area contributed by atoms with Crippen LogP contribution in [0, 0.1) is 20.2 Å². The number of anilines is 1. The van der Waals surface area contributed by atoms with Crippen molar-refractivity contribution in [1.29, 1.82) is 0 Å². The average molecular weight is 491 g/mol. The van der Waals surface area contributed by atoms with E-state index in [1.54, 1.807) is 13.8 Å². The van der Waals surface area contributed by atoms with Gasteiger partial charge in [-0.3, -0.25) is 24.8 Å². The molecule has 0 saturated carbocycles. The number of nitro groups is 2. The van der Waals surface area contributed by atoms with Gasteiger partial charge in [0, 0.05) is 30.5 Å². The van der Waals surface area contributed by atoms with Crippen molar-refractivity contribution < 1.29 is 36.8 Å². The van der Waals surface area contributed by atoms with E-state index in [9.17, 15) is 38.0 Å². The molecule has 0 aromatic heterocycles. The maximum Gasteiger partial charge on any atom is 0.416 e. The van der Waals surface area contributed by atoms with Gasteiger partial charge in [0.15, 0.2) is 0 Å². The molecule has 14 heteroatoms. The second-order valence-corrected chi connectivity index (χ2v) is 9.92. The fourth-order valence-electron chi connectivity index (χ4n) is 2.81. The molecule has 0 saturated heterocycles. The van der Waals surface area contributed by atoms with Crippen LogP contribution in [0.25, 0.3) is 0 Å². The summed E-state index contributed by atoms with van der Waals surface area (Å²) in [5.74, 6) is -0.606. The molecule has 1 N–H and O–H groups in total. The van der Waals surface area contributed by atoms with Gasteiger partial charge in [0.1, 0.15) is 17.7 Å². The Hall–Kier alpha value is -3.18. The van der Waals surface area contributed by atoms with Gasteiger partial charge in [0.05, 0.1) is 15.4 Å². The lowest BCUT2D eigenvalue weighted by Gasteiger charge is -2.22. The van der Waals surface area contributed by atoms with Crippen molar-refractivity contribution >= 4 is 24.4 Å². The van der Waals surface area contributed by atoms with Crippen molar-refractivity contribution in [1.82, 2.24) is 0 Å². The first-order valence-electron chi connectivity index (χ1n) is 9.64. The number of hydrogen-bond acceptors (Lipinski definition) is 8. The Labute approximate surface area is 186 Å². The molecule has 1 atom stereocenters. The zero-order valence-corrected chi connectivity index (χ0v) is 18.7. The molecule has 10 nitrogen and oxygen atoms in total. The molecule has 2 aromatic rings. The normalized spacial score (nSPS) is 12.8. The van der Waals surface area contributed by atoms with E-state index in [1.165, 1.54) is 6.92 Å². The van der Waals surface area contributed by atoms with E-state index in [2.05, 4.69) is 5.32 Å². The Morgan fingerprint density at radius 2 is 1.64 bits per heavy atom. The molecule has 0 radical (unpaired) electrons. The third kappa shape index (κ3) is 6.65. The van der Waals surface area contributed by atoms with E-state index in [4.69, 9.17) is 9.26 Å². The number of nitro benzene ring substituents is 2. The highest BCUT2D eigenvalue weighted by Gasteiger charge is 2.33. The van der Waals surface area contributed by atoms with Crippen molar-refractivity contribution in [3.05, 3.63) is 62.2 Å². The first-order valence-corrected chi connectivity index (χ1v) is 11.6. The van der Waals surface area contributed by atoms with Gasteiger partial charge in [0.2, 0.25) is 13.1 Å². The zero-order chi connectivity index (χ0) is 25.0. The summed E-state index contributed by atoms with van der Waals surface area (Å²) in [6.45, 7) is 4.87. The summed E-state index contributed by atoms with van der Waals surface area (Å²) in [5.41, 5.74) is -2.64. The maximum absolute atomic E-state index is 12.9. The standard InChI is InChI=1S/C19H21F3N3O7P/c1-4-33(30,5-2)32-12(3)23-15-11-14(7-8-16(15)24(26)27)31-18-9-6-13(19(20,21)22)10-17(18)25(28)29/h6-12,23H,4-5H2,1-3H3. The third-order valence-electron chi connectivity index (χ3n) is 4.55. The average Bonchev–Trinajstić information content (AvgIpc) is 2.72. The molecule has 0 aliphatic rings. The van der Waals surface area contributed by atoms with Crippen LogP contribution in [0.4, 0.5) is 30.2 Å². The van der Waals surface area contributed by atoms with Crippen LogP contribution in [0.2, 0.25) is 0 Å². The summed E-state index contributed by atoms with van der Waals surface area (Å²) in [6, 6.07) is 5.08. The van der Waals surface area contributed by atoms with Gasteiger partial charge >= 0.3 is 11.9 Å². The fraction of sp³-hybridized carbons (Fsp3) is 0.368. The molecule has 180 valence electrons. The van der Waals surface area contributed by atoms with Crippen molar-refractivity contribution in [2.75, 3.05) is 17.6 Å². The smallest absolute Gasteiger partial charge is 0.416 e. The van der Waals surface area contributed by atoms with Gasteiger partial charge in [-0.15, -0.1) is 0 Å². The van der Waals surface area contributed by atoms with E-state index in [0.717, 1.165) is 24.3 Å². The minimum atomic E-state index is -4.79. The van der Waals surface area contributed by atoms with Gasteiger partial charge in [0.25, 0.3) is 5.69 Å². The first kappa shape index (κ1) is 26.1. The summed E-state index contributed by atoms with van der Waals surface area (Å²) < 4.78 is 62.1.